The number of aromatic nitrogens is 3. The van der Waals surface area contributed by atoms with Crippen LogP contribution in [0.4, 0.5) is 0 Å². The van der Waals surface area contributed by atoms with Crippen molar-refractivity contribution in [3.05, 3.63) is 54.2 Å². The summed E-state index contributed by atoms with van der Waals surface area (Å²) in [5.41, 5.74) is 4.99. The smallest absolute Gasteiger partial charge is 0.305 e. The minimum absolute atomic E-state index is 0.0864. The second-order valence-electron chi connectivity index (χ2n) is 6.01. The largest absolute Gasteiger partial charge is 0.481 e. The Labute approximate surface area is 138 Å². The van der Waals surface area contributed by atoms with Crippen LogP contribution in [0.15, 0.2) is 48.7 Å². The van der Waals surface area contributed by atoms with Gasteiger partial charge in [0.15, 0.2) is 0 Å². The number of carboxylic acid groups (broad SMARTS) is 1. The summed E-state index contributed by atoms with van der Waals surface area (Å²) < 4.78 is 2.06. The number of benzene rings is 1. The molecule has 0 fully saturated rings. The summed E-state index contributed by atoms with van der Waals surface area (Å²) >= 11 is 0. The molecular weight excluding hydrogens is 302 g/mol. The van der Waals surface area contributed by atoms with Crippen LogP contribution in [0.25, 0.3) is 33.3 Å². The van der Waals surface area contributed by atoms with Gasteiger partial charge in [0.2, 0.25) is 0 Å². The lowest BCUT2D eigenvalue weighted by atomic mass is 10.2. The van der Waals surface area contributed by atoms with Gasteiger partial charge in [-0.25, -0.2) is 4.98 Å². The molecule has 0 atom stereocenters. The molecule has 0 saturated heterocycles. The van der Waals surface area contributed by atoms with Gasteiger partial charge in [-0.15, -0.1) is 0 Å². The molecule has 0 aliphatic heterocycles. The van der Waals surface area contributed by atoms with Gasteiger partial charge in [-0.1, -0.05) is 11.6 Å². The first-order chi connectivity index (χ1) is 11.6. The molecule has 0 unspecified atom stereocenters. The first-order valence-corrected chi connectivity index (χ1v) is 7.87. The van der Waals surface area contributed by atoms with Gasteiger partial charge in [0.05, 0.1) is 17.8 Å². The van der Waals surface area contributed by atoms with E-state index in [1.165, 1.54) is 5.56 Å². The Balaban J connectivity index is 1.91. The fraction of sp³-hybridized carbons (Fsp3) is 0.158. The zero-order chi connectivity index (χ0) is 16.7. The molecule has 0 spiro atoms. The molecule has 0 amide bonds. The number of aliphatic carboxylic acids is 1. The van der Waals surface area contributed by atoms with E-state index in [1.54, 1.807) is 6.20 Å². The standard InChI is InChI=1S/C19H17N3O2/c1-12-4-5-16-14(9-12)11-17(22(16)8-6-18(23)24)15-10-13-3-2-7-20-19(13)21-15/h2-5,7,9-11H,6,8H2,1H3,(H,20,21)(H,23,24). The van der Waals surface area contributed by atoms with Crippen molar-refractivity contribution in [1.29, 1.82) is 0 Å². The van der Waals surface area contributed by atoms with Gasteiger partial charge in [0.25, 0.3) is 0 Å². The number of hydrogen-bond acceptors (Lipinski definition) is 2. The molecule has 0 bridgehead atoms. The number of rotatable bonds is 4. The highest BCUT2D eigenvalue weighted by Crippen LogP contribution is 2.30. The number of nitrogens with zero attached hydrogens (tertiary/aromatic N) is 2. The Morgan fingerprint density at radius 3 is 2.88 bits per heavy atom. The topological polar surface area (TPSA) is 70.9 Å². The quantitative estimate of drug-likeness (QED) is 0.598. The van der Waals surface area contributed by atoms with Crippen LogP contribution in [-0.2, 0) is 11.3 Å². The summed E-state index contributed by atoms with van der Waals surface area (Å²) in [5.74, 6) is -0.798. The number of carbonyl (C=O) groups is 1. The van der Waals surface area contributed by atoms with E-state index in [0.29, 0.717) is 6.54 Å². The zero-order valence-electron chi connectivity index (χ0n) is 13.3. The van der Waals surface area contributed by atoms with Crippen LogP contribution in [0.3, 0.4) is 0 Å². The molecule has 2 N–H and O–H groups in total. The second kappa shape index (κ2) is 5.53. The molecule has 0 radical (unpaired) electrons. The van der Waals surface area contributed by atoms with Crippen molar-refractivity contribution >= 4 is 27.9 Å². The Bertz CT molecular complexity index is 1030. The molecule has 0 aliphatic carbocycles. The van der Waals surface area contributed by atoms with Crippen LogP contribution in [0.1, 0.15) is 12.0 Å². The average molecular weight is 319 g/mol. The van der Waals surface area contributed by atoms with Crippen molar-refractivity contribution in [2.75, 3.05) is 0 Å². The summed E-state index contributed by atoms with van der Waals surface area (Å²) in [4.78, 5) is 18.7. The fourth-order valence-electron chi connectivity index (χ4n) is 3.16. The van der Waals surface area contributed by atoms with E-state index in [0.717, 1.165) is 33.3 Å². The number of fused-ring (bicyclic) bond motifs is 2. The van der Waals surface area contributed by atoms with Gasteiger partial charge in [0, 0.05) is 29.0 Å². The third-order valence-electron chi connectivity index (χ3n) is 4.27. The van der Waals surface area contributed by atoms with Crippen molar-refractivity contribution in [2.24, 2.45) is 0 Å². The maximum Gasteiger partial charge on any atom is 0.305 e. The molecule has 4 rings (SSSR count). The van der Waals surface area contributed by atoms with Gasteiger partial charge >= 0.3 is 5.97 Å². The number of carboxylic acids is 1. The number of nitrogens with one attached hydrogen (secondary N) is 1. The number of aromatic amines is 1. The average Bonchev–Trinajstić information content (AvgIpc) is 3.13. The number of aryl methyl sites for hydroxylation is 2. The summed E-state index contributed by atoms with van der Waals surface area (Å²) in [5, 5.41) is 11.2. The second-order valence-corrected chi connectivity index (χ2v) is 6.01. The lowest BCUT2D eigenvalue weighted by Gasteiger charge is -2.08. The molecule has 5 heteroatoms. The molecular formula is C19H17N3O2. The van der Waals surface area contributed by atoms with Crippen molar-refractivity contribution in [2.45, 2.75) is 19.9 Å². The minimum atomic E-state index is -0.798. The van der Waals surface area contributed by atoms with E-state index < -0.39 is 5.97 Å². The molecule has 0 aliphatic rings. The minimum Gasteiger partial charge on any atom is -0.481 e. The summed E-state index contributed by atoms with van der Waals surface area (Å²) in [7, 11) is 0. The molecule has 1 aromatic carbocycles. The molecule has 5 nitrogen and oxygen atoms in total. The molecule has 3 aromatic heterocycles. The van der Waals surface area contributed by atoms with Crippen LogP contribution in [-0.4, -0.2) is 25.6 Å². The van der Waals surface area contributed by atoms with Gasteiger partial charge in [-0.05, 0) is 43.3 Å². The van der Waals surface area contributed by atoms with Gasteiger partial charge in [0.1, 0.15) is 5.65 Å². The monoisotopic (exact) mass is 319 g/mol. The van der Waals surface area contributed by atoms with Crippen LogP contribution in [0, 0.1) is 6.92 Å². The van der Waals surface area contributed by atoms with Gasteiger partial charge < -0.3 is 14.7 Å². The maximum atomic E-state index is 11.0. The van der Waals surface area contributed by atoms with E-state index in [2.05, 4.69) is 51.8 Å². The molecule has 4 aromatic rings. The van der Waals surface area contributed by atoms with Gasteiger partial charge in [-0.2, -0.15) is 0 Å². The van der Waals surface area contributed by atoms with Crippen LogP contribution in [0.5, 0.6) is 0 Å². The molecule has 3 heterocycles. The van der Waals surface area contributed by atoms with E-state index in [4.69, 9.17) is 5.11 Å². The van der Waals surface area contributed by atoms with Gasteiger partial charge in [-0.3, -0.25) is 4.79 Å². The Morgan fingerprint density at radius 2 is 2.08 bits per heavy atom. The maximum absolute atomic E-state index is 11.0. The number of hydrogen-bond donors (Lipinski definition) is 2. The number of H-pyrrole nitrogens is 1. The Kier molecular flexibility index (Phi) is 3.34. The third kappa shape index (κ3) is 2.44. The predicted octanol–water partition coefficient (Wildman–Crippen LogP) is 3.97. The Hall–Kier alpha value is -3.08. The highest BCUT2D eigenvalue weighted by molar-refractivity contribution is 5.90. The molecule has 120 valence electrons. The van der Waals surface area contributed by atoms with E-state index in [9.17, 15) is 4.79 Å². The molecule has 0 saturated carbocycles. The van der Waals surface area contributed by atoms with Crippen molar-refractivity contribution in [3.8, 4) is 11.4 Å². The zero-order valence-corrected chi connectivity index (χ0v) is 13.3. The predicted molar refractivity (Wildman–Crippen MR) is 94.0 cm³/mol. The first-order valence-electron chi connectivity index (χ1n) is 7.87. The lowest BCUT2D eigenvalue weighted by Crippen LogP contribution is -2.05. The SMILES string of the molecule is Cc1ccc2c(c1)cc(-c1cc3cccnc3[nH]1)n2CCC(=O)O. The highest BCUT2D eigenvalue weighted by Gasteiger charge is 2.14. The highest BCUT2D eigenvalue weighted by atomic mass is 16.4. The van der Waals surface area contributed by atoms with Crippen LogP contribution in [0.2, 0.25) is 0 Å². The summed E-state index contributed by atoms with van der Waals surface area (Å²) in [6, 6.07) is 14.3. The first kappa shape index (κ1) is 14.5. The van der Waals surface area contributed by atoms with E-state index in [1.807, 2.05) is 12.1 Å². The third-order valence-corrected chi connectivity index (χ3v) is 4.27. The number of pyridine rings is 1. The molecule has 24 heavy (non-hydrogen) atoms. The van der Waals surface area contributed by atoms with Crippen molar-refractivity contribution < 1.29 is 9.90 Å². The lowest BCUT2D eigenvalue weighted by molar-refractivity contribution is -0.137. The van der Waals surface area contributed by atoms with E-state index >= 15 is 0 Å². The summed E-state index contributed by atoms with van der Waals surface area (Å²) in [6.45, 7) is 2.49. The van der Waals surface area contributed by atoms with E-state index in [-0.39, 0.29) is 6.42 Å². The normalized spacial score (nSPS) is 11.4. The van der Waals surface area contributed by atoms with Crippen molar-refractivity contribution in [3.63, 3.8) is 0 Å². The van der Waals surface area contributed by atoms with Crippen LogP contribution >= 0.6 is 0 Å². The van der Waals surface area contributed by atoms with Crippen molar-refractivity contribution in [1.82, 2.24) is 14.5 Å². The Morgan fingerprint density at radius 1 is 1.21 bits per heavy atom. The fourth-order valence-corrected chi connectivity index (χ4v) is 3.16. The summed E-state index contributed by atoms with van der Waals surface area (Å²) in [6.07, 6.45) is 1.84. The van der Waals surface area contributed by atoms with Crippen LogP contribution < -0.4 is 0 Å².